The third kappa shape index (κ3) is 1.17. The van der Waals surface area contributed by atoms with Crippen molar-refractivity contribution in [1.82, 2.24) is 0 Å². The van der Waals surface area contributed by atoms with Crippen molar-refractivity contribution in [3.63, 3.8) is 0 Å². The Bertz CT molecular complexity index is 144. The van der Waals surface area contributed by atoms with E-state index in [4.69, 9.17) is 5.11 Å². The van der Waals surface area contributed by atoms with Crippen molar-refractivity contribution in [2.24, 2.45) is 0 Å². The van der Waals surface area contributed by atoms with Gasteiger partial charge < -0.3 is 5.11 Å². The van der Waals surface area contributed by atoms with Gasteiger partial charge in [0, 0.05) is 0 Å². The van der Waals surface area contributed by atoms with E-state index >= 15 is 0 Å². The second-order valence-electron chi connectivity index (χ2n) is 1.08. The number of aromatic hydroxyl groups is 1. The summed E-state index contributed by atoms with van der Waals surface area (Å²) in [6, 6.07) is 3.45. The van der Waals surface area contributed by atoms with Crippen LogP contribution in [0, 0.1) is 0 Å². The average molecular weight is 179 g/mol. The number of halogens is 1. The van der Waals surface area contributed by atoms with Gasteiger partial charge in [-0.25, -0.2) is 0 Å². The van der Waals surface area contributed by atoms with Gasteiger partial charge in [0.25, 0.3) is 0 Å². The average Bonchev–Trinajstić information content (AvgIpc) is 1.87. The van der Waals surface area contributed by atoms with Crippen LogP contribution < -0.4 is 0 Å². The van der Waals surface area contributed by atoms with E-state index in [0.717, 1.165) is 3.79 Å². The highest BCUT2D eigenvalue weighted by atomic mass is 79.9. The van der Waals surface area contributed by atoms with Gasteiger partial charge in [0.2, 0.25) is 0 Å². The zero-order valence-corrected chi connectivity index (χ0v) is 5.79. The Balaban J connectivity index is 3.04. The molecule has 0 aliphatic heterocycles. The summed E-state index contributed by atoms with van der Waals surface area (Å²) < 4.78 is 0.963. The lowest BCUT2D eigenvalue weighted by atomic mass is 10.7. The summed E-state index contributed by atoms with van der Waals surface area (Å²) in [5.41, 5.74) is 0. The molecule has 1 rings (SSSR count). The lowest BCUT2D eigenvalue weighted by Crippen LogP contribution is -1.35. The molecule has 7 heavy (non-hydrogen) atoms. The smallest absolute Gasteiger partial charge is 0.172 e. The first-order valence-corrected chi connectivity index (χ1v) is 3.34. The molecule has 0 saturated heterocycles. The molecule has 0 fully saturated rings. The molecular formula is C4H3BrOS. The summed E-state index contributed by atoms with van der Waals surface area (Å²) in [4.78, 5) is 0. The van der Waals surface area contributed by atoms with Crippen molar-refractivity contribution < 1.29 is 5.11 Å². The van der Waals surface area contributed by atoms with Crippen LogP contribution in [0.3, 0.4) is 0 Å². The fraction of sp³-hybridized carbons (Fsp3) is 0. The molecule has 0 unspecified atom stereocenters. The number of rotatable bonds is 0. The molecule has 0 saturated carbocycles. The van der Waals surface area contributed by atoms with Crippen molar-refractivity contribution >= 4 is 27.3 Å². The summed E-state index contributed by atoms with van der Waals surface area (Å²) in [5.74, 6) is 0. The first kappa shape index (κ1) is 5.12. The van der Waals surface area contributed by atoms with Gasteiger partial charge in [0.1, 0.15) is 0 Å². The van der Waals surface area contributed by atoms with Crippen LogP contribution >= 0.6 is 27.3 Å². The van der Waals surface area contributed by atoms with Crippen molar-refractivity contribution in [2.45, 2.75) is 0 Å². The third-order valence-electron chi connectivity index (χ3n) is 0.559. The Kier molecular flexibility index (Phi) is 1.35. The van der Waals surface area contributed by atoms with E-state index in [-0.39, 0.29) is 0 Å². The molecule has 0 aliphatic rings. The second kappa shape index (κ2) is 1.84. The Morgan fingerprint density at radius 1 is 1.57 bits per heavy atom. The predicted molar refractivity (Wildman–Crippen MR) is 33.7 cm³/mol. The second-order valence-corrected chi connectivity index (χ2v) is 3.52. The quantitative estimate of drug-likeness (QED) is 0.647. The van der Waals surface area contributed by atoms with E-state index in [1.807, 2.05) is 0 Å². The van der Waals surface area contributed by atoms with E-state index in [9.17, 15) is 0 Å². The standard InChI is InChI=1S/C4H3BrOS/c5-3-1-2-4(6)7-3/h1-2,6H. The highest BCUT2D eigenvalue weighted by molar-refractivity contribution is 9.11. The minimum Gasteiger partial charge on any atom is -0.499 e. The molecule has 1 heterocycles. The molecule has 0 aromatic carbocycles. The molecule has 0 radical (unpaired) electrons. The van der Waals surface area contributed by atoms with Crippen molar-refractivity contribution in [3.05, 3.63) is 15.9 Å². The van der Waals surface area contributed by atoms with Crippen molar-refractivity contribution in [3.8, 4) is 5.06 Å². The van der Waals surface area contributed by atoms with Crippen molar-refractivity contribution in [1.29, 1.82) is 0 Å². The third-order valence-corrected chi connectivity index (χ3v) is 1.99. The number of thiophene rings is 1. The van der Waals surface area contributed by atoms with Crippen molar-refractivity contribution in [2.75, 3.05) is 0 Å². The molecule has 3 heteroatoms. The Labute approximate surface area is 53.7 Å². The van der Waals surface area contributed by atoms with Crippen LogP contribution in [0.25, 0.3) is 0 Å². The normalized spacial score (nSPS) is 9.29. The minimum atomic E-state index is 0.354. The van der Waals surface area contributed by atoms with Gasteiger partial charge in [0.05, 0.1) is 3.79 Å². The van der Waals surface area contributed by atoms with E-state index in [0.29, 0.717) is 5.06 Å². The summed E-state index contributed by atoms with van der Waals surface area (Å²) in [6.07, 6.45) is 0. The Hall–Kier alpha value is -0.0200. The largest absolute Gasteiger partial charge is 0.499 e. The Morgan fingerprint density at radius 2 is 2.29 bits per heavy atom. The number of hydrogen-bond donors (Lipinski definition) is 1. The lowest BCUT2D eigenvalue weighted by molar-refractivity contribution is 0.491. The summed E-state index contributed by atoms with van der Waals surface area (Å²) in [7, 11) is 0. The van der Waals surface area contributed by atoms with Crippen LogP contribution in [0.2, 0.25) is 0 Å². The first-order chi connectivity index (χ1) is 3.29. The SMILES string of the molecule is Oc1ccc(Br)s1. The molecule has 1 aromatic rings. The highest BCUT2D eigenvalue weighted by Gasteiger charge is 1.89. The van der Waals surface area contributed by atoms with Crippen LogP contribution in [0.4, 0.5) is 0 Å². The maximum Gasteiger partial charge on any atom is 0.172 e. The molecule has 0 amide bonds. The first-order valence-electron chi connectivity index (χ1n) is 1.73. The fourth-order valence-electron chi connectivity index (χ4n) is 0.305. The molecule has 1 N–H and O–H groups in total. The maximum absolute atomic E-state index is 8.64. The van der Waals surface area contributed by atoms with Crippen LogP contribution in [-0.4, -0.2) is 5.11 Å². The van der Waals surface area contributed by atoms with E-state index in [1.54, 1.807) is 12.1 Å². The van der Waals surface area contributed by atoms with Gasteiger partial charge in [-0.3, -0.25) is 0 Å². The molecule has 1 nitrogen and oxygen atoms in total. The fourth-order valence-corrected chi connectivity index (χ4v) is 1.41. The van der Waals surface area contributed by atoms with Crippen LogP contribution in [0.5, 0.6) is 5.06 Å². The van der Waals surface area contributed by atoms with Crippen LogP contribution in [-0.2, 0) is 0 Å². The van der Waals surface area contributed by atoms with Gasteiger partial charge in [0.15, 0.2) is 5.06 Å². The molecule has 0 aliphatic carbocycles. The predicted octanol–water partition coefficient (Wildman–Crippen LogP) is 2.22. The molecule has 38 valence electrons. The molecule has 1 aromatic heterocycles. The monoisotopic (exact) mass is 178 g/mol. The van der Waals surface area contributed by atoms with E-state index in [1.165, 1.54) is 11.3 Å². The van der Waals surface area contributed by atoms with E-state index < -0.39 is 0 Å². The lowest BCUT2D eigenvalue weighted by Gasteiger charge is -1.70. The van der Waals surface area contributed by atoms with Crippen LogP contribution in [0.15, 0.2) is 15.9 Å². The molecule has 0 atom stereocenters. The minimum absolute atomic E-state index is 0.354. The molecule has 0 bridgehead atoms. The summed E-state index contributed by atoms with van der Waals surface area (Å²) >= 11 is 4.51. The van der Waals surface area contributed by atoms with E-state index in [2.05, 4.69) is 15.9 Å². The van der Waals surface area contributed by atoms with Gasteiger partial charge in [-0.2, -0.15) is 0 Å². The maximum atomic E-state index is 8.64. The topological polar surface area (TPSA) is 20.2 Å². The number of hydrogen-bond acceptors (Lipinski definition) is 2. The van der Waals surface area contributed by atoms with Gasteiger partial charge >= 0.3 is 0 Å². The Morgan fingerprint density at radius 3 is 2.43 bits per heavy atom. The van der Waals surface area contributed by atoms with Gasteiger partial charge in [-0.1, -0.05) is 11.3 Å². The van der Waals surface area contributed by atoms with Gasteiger partial charge in [-0.15, -0.1) is 0 Å². The zero-order valence-electron chi connectivity index (χ0n) is 3.39. The van der Waals surface area contributed by atoms with Gasteiger partial charge in [-0.05, 0) is 28.1 Å². The summed E-state index contributed by atoms with van der Waals surface area (Å²) in [6.45, 7) is 0. The molecule has 0 spiro atoms. The molecular weight excluding hydrogens is 176 g/mol. The van der Waals surface area contributed by atoms with Crippen LogP contribution in [0.1, 0.15) is 0 Å². The highest BCUT2D eigenvalue weighted by Crippen LogP contribution is 2.26. The zero-order chi connectivity index (χ0) is 5.28. The summed E-state index contributed by atoms with van der Waals surface area (Å²) in [5, 5.41) is 9.00.